The number of carbonyl (C=O) groups is 5. The minimum absolute atomic E-state index is 0.00560. The van der Waals surface area contributed by atoms with Gasteiger partial charge in [0.1, 0.15) is 12.1 Å². The number of rotatable bonds is 4. The van der Waals surface area contributed by atoms with Crippen molar-refractivity contribution < 1.29 is 28.7 Å². The van der Waals surface area contributed by atoms with Gasteiger partial charge in [0, 0.05) is 43.7 Å². The van der Waals surface area contributed by atoms with Gasteiger partial charge in [-0.3, -0.25) is 24.0 Å². The Kier molecular flexibility index (Phi) is 9.29. The Labute approximate surface area is 255 Å². The molecule has 0 saturated carbocycles. The number of ether oxygens (including phenoxy) is 1. The first kappa shape index (κ1) is 30.7. The summed E-state index contributed by atoms with van der Waals surface area (Å²) in [6, 6.07) is 14.8. The Morgan fingerprint density at radius 2 is 1.68 bits per heavy atom. The fourth-order valence-electron chi connectivity index (χ4n) is 5.63. The summed E-state index contributed by atoms with van der Waals surface area (Å²) in [6.45, 7) is 3.39. The first-order chi connectivity index (χ1) is 21.1. The molecule has 2 bridgehead atoms. The molecule has 12 nitrogen and oxygen atoms in total. The fourth-order valence-corrected chi connectivity index (χ4v) is 5.63. The molecule has 4 N–H and O–H groups in total. The van der Waals surface area contributed by atoms with Crippen molar-refractivity contribution in [3.8, 4) is 0 Å². The molecule has 0 unspecified atom stereocenters. The lowest BCUT2D eigenvalue weighted by Crippen LogP contribution is -2.59. The van der Waals surface area contributed by atoms with E-state index in [1.165, 1.54) is 11.9 Å². The number of morpholine rings is 1. The SMILES string of the molecule is CC(C)[C@@H]1NC(=O)CN(C)C(=O)[C@@H](Cc2ccccc2)NC(=O)[C@H]2CN(C(=O)c3c[nH]c4ccccc34)C[C@H](CNC1=O)O2. The van der Waals surface area contributed by atoms with Gasteiger partial charge in [0.15, 0.2) is 6.10 Å². The molecular formula is C32H38N6O6. The third-order valence-electron chi connectivity index (χ3n) is 7.99. The van der Waals surface area contributed by atoms with Gasteiger partial charge in [0.2, 0.25) is 17.7 Å². The molecule has 232 valence electrons. The number of fused-ring (bicyclic) bond motifs is 3. The summed E-state index contributed by atoms with van der Waals surface area (Å²) >= 11 is 0. The zero-order valence-corrected chi connectivity index (χ0v) is 25.0. The lowest BCUT2D eigenvalue weighted by Gasteiger charge is -2.38. The predicted molar refractivity (Wildman–Crippen MR) is 162 cm³/mol. The van der Waals surface area contributed by atoms with E-state index >= 15 is 0 Å². The lowest BCUT2D eigenvalue weighted by molar-refractivity contribution is -0.148. The van der Waals surface area contributed by atoms with Gasteiger partial charge in [-0.25, -0.2) is 0 Å². The van der Waals surface area contributed by atoms with Crippen LogP contribution in [0.2, 0.25) is 0 Å². The van der Waals surface area contributed by atoms with Gasteiger partial charge in [0.25, 0.3) is 11.8 Å². The molecule has 4 atom stereocenters. The van der Waals surface area contributed by atoms with Crippen molar-refractivity contribution in [3.05, 3.63) is 71.9 Å². The number of para-hydroxylation sites is 1. The highest BCUT2D eigenvalue weighted by Crippen LogP contribution is 2.22. The molecule has 2 aromatic carbocycles. The van der Waals surface area contributed by atoms with Crippen molar-refractivity contribution in [3.63, 3.8) is 0 Å². The second kappa shape index (κ2) is 13.3. The molecule has 3 heterocycles. The van der Waals surface area contributed by atoms with Crippen LogP contribution < -0.4 is 16.0 Å². The number of carbonyl (C=O) groups excluding carboxylic acids is 5. The second-order valence-corrected chi connectivity index (χ2v) is 11.7. The van der Waals surface area contributed by atoms with E-state index in [0.717, 1.165) is 16.5 Å². The minimum Gasteiger partial charge on any atom is -0.360 e. The van der Waals surface area contributed by atoms with Crippen LogP contribution in [0.15, 0.2) is 60.8 Å². The number of H-pyrrole nitrogens is 1. The number of hydrogen-bond acceptors (Lipinski definition) is 6. The van der Waals surface area contributed by atoms with Gasteiger partial charge in [-0.1, -0.05) is 62.4 Å². The van der Waals surface area contributed by atoms with Crippen LogP contribution >= 0.6 is 0 Å². The Bertz CT molecular complexity index is 1540. The summed E-state index contributed by atoms with van der Waals surface area (Å²) in [6.07, 6.45) is -0.0104. The zero-order valence-electron chi connectivity index (χ0n) is 25.0. The molecular weight excluding hydrogens is 564 g/mol. The first-order valence-electron chi connectivity index (χ1n) is 14.8. The number of benzene rings is 2. The Morgan fingerprint density at radius 1 is 0.955 bits per heavy atom. The smallest absolute Gasteiger partial charge is 0.256 e. The van der Waals surface area contributed by atoms with Crippen LogP contribution in [0.5, 0.6) is 0 Å². The van der Waals surface area contributed by atoms with E-state index in [2.05, 4.69) is 20.9 Å². The topological polar surface area (TPSA) is 153 Å². The standard InChI is InChI=1S/C32H38N6O6/c1-19(2)28-30(41)34-14-21-16-38(31(42)23-15-33-24-12-8-7-11-22(23)24)17-26(44-21)29(40)35-25(13-20-9-5-4-6-10-20)32(43)37(3)18-27(39)36-28/h4-12,15,19,21,25-26,28,33H,13-14,16-18H2,1-3H3,(H,34,41)(H,35,40)(H,36,39)/t21-,25+,26+,28-/m0/s1. The molecule has 5 rings (SSSR count). The molecule has 2 aliphatic heterocycles. The molecule has 2 saturated heterocycles. The molecule has 12 heteroatoms. The summed E-state index contributed by atoms with van der Waals surface area (Å²) in [5, 5.41) is 9.14. The summed E-state index contributed by atoms with van der Waals surface area (Å²) in [5.74, 6) is -2.51. The summed E-state index contributed by atoms with van der Waals surface area (Å²) in [7, 11) is 1.48. The number of hydrogen-bond donors (Lipinski definition) is 4. The number of aromatic amines is 1. The van der Waals surface area contributed by atoms with E-state index in [4.69, 9.17) is 4.74 Å². The molecule has 44 heavy (non-hydrogen) atoms. The zero-order chi connectivity index (χ0) is 31.4. The van der Waals surface area contributed by atoms with Gasteiger partial charge in [-0.2, -0.15) is 0 Å². The highest BCUT2D eigenvalue weighted by Gasteiger charge is 2.38. The molecule has 5 amide bonds. The second-order valence-electron chi connectivity index (χ2n) is 11.7. The number of likely N-dealkylation sites (N-methyl/N-ethyl adjacent to an activating group) is 1. The molecule has 2 fully saturated rings. The third kappa shape index (κ3) is 6.91. The van der Waals surface area contributed by atoms with Crippen molar-refractivity contribution in [1.82, 2.24) is 30.7 Å². The van der Waals surface area contributed by atoms with Crippen molar-refractivity contribution in [1.29, 1.82) is 0 Å². The molecule has 0 radical (unpaired) electrons. The van der Waals surface area contributed by atoms with Crippen LogP contribution in [0, 0.1) is 5.92 Å². The number of amides is 5. The quantitative estimate of drug-likeness (QED) is 0.347. The first-order valence-corrected chi connectivity index (χ1v) is 14.8. The normalized spacial score (nSPS) is 23.9. The van der Waals surface area contributed by atoms with E-state index in [1.54, 1.807) is 24.9 Å². The summed E-state index contributed by atoms with van der Waals surface area (Å²) in [5.41, 5.74) is 2.08. The summed E-state index contributed by atoms with van der Waals surface area (Å²) < 4.78 is 6.15. The van der Waals surface area contributed by atoms with Crippen LogP contribution in [0.3, 0.4) is 0 Å². The number of aromatic nitrogens is 1. The van der Waals surface area contributed by atoms with E-state index in [9.17, 15) is 24.0 Å². The minimum atomic E-state index is -1.11. The van der Waals surface area contributed by atoms with Crippen LogP contribution in [0.1, 0.15) is 29.8 Å². The number of nitrogens with zero attached hydrogens (tertiary/aromatic N) is 2. The molecule has 1 aromatic heterocycles. The van der Waals surface area contributed by atoms with E-state index in [1.807, 2.05) is 54.6 Å². The molecule has 2 aliphatic rings. The van der Waals surface area contributed by atoms with Crippen molar-refractivity contribution in [2.45, 2.75) is 44.6 Å². The van der Waals surface area contributed by atoms with Gasteiger partial charge in [-0.05, 0) is 17.5 Å². The van der Waals surface area contributed by atoms with Gasteiger partial charge >= 0.3 is 0 Å². The van der Waals surface area contributed by atoms with Crippen LogP contribution in [0.25, 0.3) is 10.9 Å². The Balaban J connectivity index is 1.46. The van der Waals surface area contributed by atoms with Crippen molar-refractivity contribution in [2.24, 2.45) is 5.92 Å². The highest BCUT2D eigenvalue weighted by molar-refractivity contribution is 6.07. The maximum atomic E-state index is 13.8. The van der Waals surface area contributed by atoms with E-state index in [-0.39, 0.29) is 44.4 Å². The van der Waals surface area contributed by atoms with E-state index < -0.39 is 47.9 Å². The Hall–Kier alpha value is -4.71. The molecule has 0 aliphatic carbocycles. The molecule has 3 aromatic rings. The Morgan fingerprint density at radius 3 is 2.43 bits per heavy atom. The lowest BCUT2D eigenvalue weighted by atomic mass is 10.0. The van der Waals surface area contributed by atoms with E-state index in [0.29, 0.717) is 5.56 Å². The molecule has 0 spiro atoms. The monoisotopic (exact) mass is 602 g/mol. The third-order valence-corrected chi connectivity index (χ3v) is 7.99. The maximum Gasteiger partial charge on any atom is 0.256 e. The van der Waals surface area contributed by atoms with Crippen molar-refractivity contribution in [2.75, 3.05) is 33.2 Å². The largest absolute Gasteiger partial charge is 0.360 e. The average Bonchev–Trinajstić information content (AvgIpc) is 3.45. The van der Waals surface area contributed by atoms with Gasteiger partial charge in [-0.15, -0.1) is 0 Å². The van der Waals surface area contributed by atoms with Gasteiger partial charge < -0.3 is 35.5 Å². The number of nitrogens with one attached hydrogen (secondary N) is 4. The van der Waals surface area contributed by atoms with Crippen molar-refractivity contribution >= 4 is 40.4 Å². The van der Waals surface area contributed by atoms with Gasteiger partial charge in [0.05, 0.1) is 24.8 Å². The average molecular weight is 603 g/mol. The van der Waals surface area contributed by atoms with Crippen LogP contribution in [-0.2, 0) is 30.3 Å². The van der Waals surface area contributed by atoms with Crippen LogP contribution in [0.4, 0.5) is 0 Å². The summed E-state index contributed by atoms with van der Waals surface area (Å²) in [4.78, 5) is 73.2. The highest BCUT2D eigenvalue weighted by atomic mass is 16.5. The maximum absolute atomic E-state index is 13.8. The predicted octanol–water partition coefficient (Wildman–Crippen LogP) is 0.834. The van der Waals surface area contributed by atoms with Crippen LogP contribution in [-0.4, -0.2) is 102 Å². The fraction of sp³-hybridized carbons (Fsp3) is 0.406.